The molecular formula is C17H16Cl2N2O3S. The van der Waals surface area contributed by atoms with Gasteiger partial charge in [0.1, 0.15) is 20.7 Å². The molecule has 1 saturated heterocycles. The fourth-order valence-corrected chi connectivity index (χ4v) is 4.42. The summed E-state index contributed by atoms with van der Waals surface area (Å²) in [5.41, 5.74) is 0.820. The molecule has 0 radical (unpaired) electrons. The predicted molar refractivity (Wildman–Crippen MR) is 96.8 cm³/mol. The van der Waals surface area contributed by atoms with Crippen molar-refractivity contribution in [3.63, 3.8) is 0 Å². The second-order valence-corrected chi connectivity index (χ2v) is 8.04. The highest BCUT2D eigenvalue weighted by molar-refractivity contribution is 7.11. The SMILES string of the molecule is O=C(N[C@H]1CC2(CCOCC2)Oc2ccccc21)c1nsc(Cl)c1Cl. The molecule has 0 saturated carbocycles. The second-order valence-electron chi connectivity index (χ2n) is 6.28. The number of carbonyl (C=O) groups is 1. The van der Waals surface area contributed by atoms with Crippen molar-refractivity contribution >= 4 is 40.6 Å². The maximum Gasteiger partial charge on any atom is 0.273 e. The number of hydrogen-bond donors (Lipinski definition) is 1. The fourth-order valence-electron chi connectivity index (χ4n) is 3.42. The van der Waals surface area contributed by atoms with Crippen LogP contribution in [0.3, 0.4) is 0 Å². The van der Waals surface area contributed by atoms with E-state index in [-0.39, 0.29) is 28.3 Å². The first kappa shape index (κ1) is 17.1. The van der Waals surface area contributed by atoms with E-state index in [0.717, 1.165) is 35.7 Å². The van der Waals surface area contributed by atoms with Crippen LogP contribution in [0.5, 0.6) is 5.75 Å². The summed E-state index contributed by atoms with van der Waals surface area (Å²) in [7, 11) is 0. The molecule has 1 N–H and O–H groups in total. The number of halogens is 2. The lowest BCUT2D eigenvalue weighted by molar-refractivity contribution is -0.0639. The largest absolute Gasteiger partial charge is 0.487 e. The minimum Gasteiger partial charge on any atom is -0.487 e. The maximum atomic E-state index is 12.7. The third-order valence-electron chi connectivity index (χ3n) is 4.72. The molecule has 3 heterocycles. The number of rotatable bonds is 2. The number of para-hydroxylation sites is 1. The predicted octanol–water partition coefficient (Wildman–Crippen LogP) is 4.25. The molecule has 2 aliphatic rings. The first-order chi connectivity index (χ1) is 12.1. The van der Waals surface area contributed by atoms with Crippen molar-refractivity contribution in [2.75, 3.05) is 13.2 Å². The van der Waals surface area contributed by atoms with Gasteiger partial charge < -0.3 is 14.8 Å². The minimum absolute atomic E-state index is 0.168. The Bertz CT molecular complexity index is 805. The van der Waals surface area contributed by atoms with Crippen molar-refractivity contribution in [3.8, 4) is 5.75 Å². The van der Waals surface area contributed by atoms with Gasteiger partial charge in [-0.15, -0.1) is 0 Å². The first-order valence-corrected chi connectivity index (χ1v) is 9.58. The van der Waals surface area contributed by atoms with Crippen LogP contribution in [-0.4, -0.2) is 29.1 Å². The summed E-state index contributed by atoms with van der Waals surface area (Å²) in [6.07, 6.45) is 2.29. The van der Waals surface area contributed by atoms with Gasteiger partial charge in [0.25, 0.3) is 5.91 Å². The van der Waals surface area contributed by atoms with Gasteiger partial charge in [-0.3, -0.25) is 4.79 Å². The topological polar surface area (TPSA) is 60.5 Å². The monoisotopic (exact) mass is 398 g/mol. The molecule has 1 atom stereocenters. The second kappa shape index (κ2) is 6.76. The molecule has 1 amide bonds. The first-order valence-electron chi connectivity index (χ1n) is 8.05. The van der Waals surface area contributed by atoms with Crippen LogP contribution in [0.4, 0.5) is 0 Å². The summed E-state index contributed by atoms with van der Waals surface area (Å²) in [5, 5.41) is 3.26. The molecule has 1 fully saturated rings. The number of amides is 1. The van der Waals surface area contributed by atoms with Crippen molar-refractivity contribution < 1.29 is 14.3 Å². The number of fused-ring (bicyclic) bond motifs is 1. The zero-order valence-corrected chi connectivity index (χ0v) is 15.6. The minimum atomic E-state index is -0.322. The molecule has 4 rings (SSSR count). The van der Waals surface area contributed by atoms with Crippen molar-refractivity contribution in [3.05, 3.63) is 44.9 Å². The zero-order chi connectivity index (χ0) is 17.4. The lowest BCUT2D eigenvalue weighted by Gasteiger charge is -2.44. The molecule has 8 heteroatoms. The average Bonchev–Trinajstić information content (AvgIpc) is 2.95. The van der Waals surface area contributed by atoms with E-state index < -0.39 is 0 Å². The van der Waals surface area contributed by atoms with Crippen molar-refractivity contribution in [2.45, 2.75) is 30.9 Å². The number of aromatic nitrogens is 1. The van der Waals surface area contributed by atoms with E-state index in [1.807, 2.05) is 24.3 Å². The molecule has 2 aliphatic heterocycles. The van der Waals surface area contributed by atoms with Crippen LogP contribution in [0.2, 0.25) is 9.36 Å². The highest BCUT2D eigenvalue weighted by atomic mass is 35.5. The van der Waals surface area contributed by atoms with Crippen LogP contribution in [0.1, 0.15) is 41.4 Å². The number of benzene rings is 1. The summed E-state index contributed by atoms with van der Waals surface area (Å²) in [5.74, 6) is 0.486. The van der Waals surface area contributed by atoms with Gasteiger partial charge in [0.2, 0.25) is 0 Å². The third-order valence-corrected chi connectivity index (χ3v) is 6.33. The van der Waals surface area contributed by atoms with Gasteiger partial charge >= 0.3 is 0 Å². The van der Waals surface area contributed by atoms with Crippen LogP contribution in [0.15, 0.2) is 24.3 Å². The molecule has 132 valence electrons. The quantitative estimate of drug-likeness (QED) is 0.820. The van der Waals surface area contributed by atoms with Crippen molar-refractivity contribution in [1.82, 2.24) is 9.69 Å². The zero-order valence-electron chi connectivity index (χ0n) is 13.3. The number of nitrogens with one attached hydrogen (secondary N) is 1. The summed E-state index contributed by atoms with van der Waals surface area (Å²) in [4.78, 5) is 12.7. The Hall–Kier alpha value is -1.34. The van der Waals surface area contributed by atoms with Gasteiger partial charge in [-0.25, -0.2) is 0 Å². The van der Waals surface area contributed by atoms with Crippen LogP contribution < -0.4 is 10.1 Å². The summed E-state index contributed by atoms with van der Waals surface area (Å²) >= 11 is 13.0. The molecule has 0 aliphatic carbocycles. The van der Waals surface area contributed by atoms with E-state index in [1.54, 1.807) is 0 Å². The number of hydrogen-bond acceptors (Lipinski definition) is 5. The van der Waals surface area contributed by atoms with Crippen LogP contribution in [0.25, 0.3) is 0 Å². The smallest absolute Gasteiger partial charge is 0.273 e. The normalized spacial score (nSPS) is 21.4. The van der Waals surface area contributed by atoms with Crippen LogP contribution in [-0.2, 0) is 4.74 Å². The number of carbonyl (C=O) groups excluding carboxylic acids is 1. The highest BCUT2D eigenvalue weighted by Crippen LogP contribution is 2.44. The molecular weight excluding hydrogens is 383 g/mol. The molecule has 2 aromatic rings. The fraction of sp³-hybridized carbons (Fsp3) is 0.412. The number of nitrogens with zero attached hydrogens (tertiary/aromatic N) is 1. The van der Waals surface area contributed by atoms with Crippen molar-refractivity contribution in [2.24, 2.45) is 0 Å². The Labute approximate surface area is 159 Å². The van der Waals surface area contributed by atoms with E-state index >= 15 is 0 Å². The molecule has 0 unspecified atom stereocenters. The Kier molecular flexibility index (Phi) is 4.62. The summed E-state index contributed by atoms with van der Waals surface area (Å²) in [6.45, 7) is 1.33. The Morgan fingerprint density at radius 3 is 2.76 bits per heavy atom. The number of ether oxygens (including phenoxy) is 2. The maximum absolute atomic E-state index is 12.7. The lowest BCUT2D eigenvalue weighted by Crippen LogP contribution is -2.48. The lowest BCUT2D eigenvalue weighted by atomic mass is 9.82. The molecule has 1 aromatic carbocycles. The Balaban J connectivity index is 1.63. The standard InChI is InChI=1S/C17H16Cl2N2O3S/c18-13-14(21-25-15(13)19)16(22)20-11-9-17(5-7-23-8-6-17)24-12-4-2-1-3-10(11)12/h1-4,11H,5-9H2,(H,20,22)/t11-/m0/s1. The average molecular weight is 399 g/mol. The van der Waals surface area contributed by atoms with Crippen molar-refractivity contribution in [1.29, 1.82) is 0 Å². The third kappa shape index (κ3) is 3.24. The van der Waals surface area contributed by atoms with Gasteiger partial charge in [-0.2, -0.15) is 4.37 Å². The summed E-state index contributed by atoms with van der Waals surface area (Å²) < 4.78 is 16.2. The van der Waals surface area contributed by atoms with E-state index in [1.165, 1.54) is 0 Å². The van der Waals surface area contributed by atoms with Gasteiger partial charge in [0.05, 0.1) is 19.3 Å². The molecule has 1 aromatic heterocycles. The summed E-state index contributed by atoms with van der Waals surface area (Å²) in [6, 6.07) is 7.62. The molecule has 25 heavy (non-hydrogen) atoms. The van der Waals surface area contributed by atoms with Gasteiger partial charge in [-0.05, 0) is 17.6 Å². The molecule has 1 spiro atoms. The molecule has 0 bridgehead atoms. The van der Waals surface area contributed by atoms with Crippen LogP contribution in [0, 0.1) is 0 Å². The van der Waals surface area contributed by atoms with E-state index in [4.69, 9.17) is 32.7 Å². The van der Waals surface area contributed by atoms with Gasteiger partial charge in [0.15, 0.2) is 5.69 Å². The van der Waals surface area contributed by atoms with E-state index in [0.29, 0.717) is 24.0 Å². The van der Waals surface area contributed by atoms with Gasteiger partial charge in [0, 0.05) is 24.8 Å². The van der Waals surface area contributed by atoms with Gasteiger partial charge in [-0.1, -0.05) is 41.4 Å². The Morgan fingerprint density at radius 2 is 2.04 bits per heavy atom. The van der Waals surface area contributed by atoms with E-state index in [2.05, 4.69) is 9.69 Å². The molecule has 5 nitrogen and oxygen atoms in total. The highest BCUT2D eigenvalue weighted by Gasteiger charge is 2.42. The van der Waals surface area contributed by atoms with Crippen LogP contribution >= 0.6 is 34.7 Å². The Morgan fingerprint density at radius 1 is 1.28 bits per heavy atom. The van der Waals surface area contributed by atoms with E-state index in [9.17, 15) is 4.79 Å².